The lowest BCUT2D eigenvalue weighted by Gasteiger charge is -2.50. The molecule has 51 unspecified atom stereocenters. The van der Waals surface area contributed by atoms with Crippen molar-refractivity contribution in [3.63, 3.8) is 0 Å². The largest absolute Gasteiger partial charge is 0.394 e. The van der Waals surface area contributed by atoms with Gasteiger partial charge in [-0.1, -0.05) is 40.9 Å². The maximum Gasteiger partial charge on any atom is 0.243 e. The SMILES string of the molecule is C=CC(=O)NCC1OC(OC(C)(C)C)C(O)C(O)C1OC1OC(C)C(C)(C)C1O.C=CC(C)=O.CC1OC(OC2C(CN)OC(OC(C)(C)C)C(O)C2O)C(O)C1(C)C.N.OCC1OC2OC3C(CO)OC(OC4C(CO)OC(OC5C(CO)OC(OC6C(CO)OC(OC7C(CO)OC(OC8C(CO)OC(OC1C(O)C2O)C(O)C8O)C(O)C7O)C(O)C6O)C(O)C5O)C(O)C4O)C(O)C3O. The molecular weight excluding hydrogens is 1850 g/mol. The number of hydrogen-bond acceptors (Lipinski definition) is 53. The van der Waals surface area contributed by atoms with Crippen LogP contribution in [0.5, 0.6) is 0 Å². The van der Waals surface area contributed by atoms with Crippen molar-refractivity contribution in [2.75, 3.05) is 59.3 Å². The molecule has 1 amide bonds. The molecule has 0 saturated carbocycles. The quantitative estimate of drug-likeness (QED) is 0.0567. The molecule has 51 atom stereocenters. The molecule has 54 nitrogen and oxygen atoms in total. The highest BCUT2D eigenvalue weighted by Gasteiger charge is 2.63. The molecule has 800 valence electrons. The van der Waals surface area contributed by atoms with E-state index in [1.54, 1.807) is 20.8 Å². The fraction of sp³-hybridized carbons (Fsp3) is 0.928. The number of hydrogen-bond donors (Lipinski definition) is 30. The van der Waals surface area contributed by atoms with Gasteiger partial charge in [0.15, 0.2) is 75.0 Å². The highest BCUT2D eigenvalue weighted by Crippen LogP contribution is 2.45. The van der Waals surface area contributed by atoms with Crippen molar-refractivity contribution in [1.29, 1.82) is 0 Å². The van der Waals surface area contributed by atoms with Crippen LogP contribution in [0.2, 0.25) is 0 Å². The van der Waals surface area contributed by atoms with Crippen molar-refractivity contribution in [2.24, 2.45) is 16.6 Å². The summed E-state index contributed by atoms with van der Waals surface area (Å²) in [6.07, 6.45) is -83.3. The van der Waals surface area contributed by atoms with E-state index in [1.165, 1.54) is 13.0 Å². The summed E-state index contributed by atoms with van der Waals surface area (Å²) >= 11 is 0. The second kappa shape index (κ2) is 50.3. The van der Waals surface area contributed by atoms with E-state index in [1.807, 2.05) is 62.3 Å². The highest BCUT2D eigenvalue weighted by molar-refractivity contribution is 5.87. The number of ether oxygens (including phenoxy) is 22. The topological polar surface area (TPSA) is 856 Å². The van der Waals surface area contributed by atoms with Crippen LogP contribution in [0.1, 0.15) is 90.0 Å². The number of nitrogens with two attached hydrogens (primary N) is 1. The van der Waals surface area contributed by atoms with Crippen LogP contribution in [-0.2, 0) is 114 Å². The first-order chi connectivity index (χ1) is 63.6. The minimum atomic E-state index is -2.21. The molecule has 137 heavy (non-hydrogen) atoms. The van der Waals surface area contributed by atoms with Gasteiger partial charge in [-0.2, -0.15) is 0 Å². The fourth-order valence-electron chi connectivity index (χ4n) is 16.7. The van der Waals surface area contributed by atoms with Gasteiger partial charge in [0.25, 0.3) is 0 Å². The van der Waals surface area contributed by atoms with E-state index >= 15 is 0 Å². The standard InChI is InChI=1S/C42H70O35.C20H35NO8.C17H33NO7.C4H6O.H3N/c43-1-8-29-15(50)22(57)36(64-8)72-30-9(2-44)66-38(24(59)17(30)52)74-32-11(4-46)68-40(26(61)19(32)54)76-34-13(6-48)70-42(28(63)21(34)56)77-35-14(7-49)69-41(27(62)20(35)55)75-33-12(5-47)67-39(25(60)18(33)53)73-31-10(3-45)65-37(71-29)23(58)16(31)51;1-8-12(22)21-9-11-15(28-18-16(25)20(6,7)10(2)26-18)13(23)14(24)17(27-11)29-19(3,4)5;1-8-17(5,6)13(21)15(22-8)24-12-9(7-18)23-14(11(20)10(12)19)25-16(2,3)4;1-3-4(2)5;/h8-63H,1-7H2;8,10-11,13-18,23-25H,1,9H2,2-7H3,(H,21,22);8-15,19-21H,7,18H2,1-6H3;3H,1H2,2H3;1H3. The van der Waals surface area contributed by atoms with Gasteiger partial charge >= 0.3 is 0 Å². The molecule has 0 aliphatic carbocycles. The number of carbonyl (C=O) groups is 2. The molecule has 0 radical (unpaired) electrons. The Morgan fingerprint density at radius 2 is 0.533 bits per heavy atom. The molecular formula is C83H147N3O51. The zero-order chi connectivity index (χ0) is 102. The number of allylic oxidation sites excluding steroid dienone is 1. The van der Waals surface area contributed by atoms with Crippen molar-refractivity contribution < 1.29 is 252 Å². The predicted octanol–water partition coefficient (Wildman–Crippen LogP) is -14.5. The van der Waals surface area contributed by atoms with Crippen LogP contribution in [0, 0.1) is 10.8 Å². The van der Waals surface area contributed by atoms with Crippen LogP contribution in [0.25, 0.3) is 0 Å². The average Bonchev–Trinajstić information content (AvgIpc) is 1.28. The minimum Gasteiger partial charge on any atom is -0.394 e. The Labute approximate surface area is 788 Å². The van der Waals surface area contributed by atoms with Gasteiger partial charge < -0.3 is 259 Å². The van der Waals surface area contributed by atoms with Crippen molar-refractivity contribution in [1.82, 2.24) is 11.5 Å². The highest BCUT2D eigenvalue weighted by atomic mass is 16.8. The molecule has 0 aromatic rings. The lowest BCUT2D eigenvalue weighted by Crippen LogP contribution is -2.68. The monoisotopic (exact) mass is 2000 g/mol. The Morgan fingerprint density at radius 3 is 0.708 bits per heavy atom. The van der Waals surface area contributed by atoms with E-state index in [0.29, 0.717) is 0 Å². The fourth-order valence-corrected chi connectivity index (χ4v) is 16.7. The van der Waals surface area contributed by atoms with Crippen LogP contribution < -0.4 is 17.2 Å². The third kappa shape index (κ3) is 27.3. The number of aliphatic hydroxyl groups excluding tert-OH is 27. The smallest absolute Gasteiger partial charge is 0.243 e. The van der Waals surface area contributed by atoms with Crippen LogP contribution >= 0.6 is 0 Å². The summed E-state index contributed by atoms with van der Waals surface area (Å²) in [7, 11) is 0. The van der Waals surface area contributed by atoms with Crippen LogP contribution in [0.4, 0.5) is 0 Å². The van der Waals surface area contributed by atoms with Crippen molar-refractivity contribution in [3.8, 4) is 0 Å². The molecule has 25 aliphatic heterocycles. The van der Waals surface area contributed by atoms with Gasteiger partial charge in [-0.3, -0.25) is 9.59 Å². The Bertz CT molecular complexity index is 3290. The van der Waals surface area contributed by atoms with Crippen molar-refractivity contribution >= 4 is 11.7 Å². The third-order valence-electron chi connectivity index (χ3n) is 25.6. The van der Waals surface area contributed by atoms with Crippen LogP contribution in [0.15, 0.2) is 25.3 Å². The summed E-state index contributed by atoms with van der Waals surface area (Å²) in [5.41, 5.74) is 3.49. The summed E-state index contributed by atoms with van der Waals surface area (Å²) in [6, 6.07) is 0. The lowest BCUT2D eigenvalue weighted by molar-refractivity contribution is -0.396. The molecule has 25 fully saturated rings. The zero-order valence-electron chi connectivity index (χ0n) is 78.0. The number of ketones is 1. The van der Waals surface area contributed by atoms with E-state index in [4.69, 9.17) is 110 Å². The van der Waals surface area contributed by atoms with Gasteiger partial charge in [0.1, 0.15) is 232 Å². The summed E-state index contributed by atoms with van der Waals surface area (Å²) in [4.78, 5) is 21.3. The van der Waals surface area contributed by atoms with E-state index < -0.39 is 375 Å². The first kappa shape index (κ1) is 119. The van der Waals surface area contributed by atoms with E-state index in [9.17, 15) is 147 Å². The van der Waals surface area contributed by atoms with Gasteiger partial charge in [-0.25, -0.2) is 0 Å². The van der Waals surface area contributed by atoms with Gasteiger partial charge in [0.2, 0.25) is 5.91 Å². The molecule has 33 N–H and O–H groups in total. The van der Waals surface area contributed by atoms with E-state index in [0.717, 1.165) is 6.08 Å². The Hall–Kier alpha value is -3.42. The van der Waals surface area contributed by atoms with Gasteiger partial charge in [-0.05, 0) is 74.5 Å². The molecule has 0 aromatic carbocycles. The third-order valence-corrected chi connectivity index (χ3v) is 25.6. The summed E-state index contributed by atoms with van der Waals surface area (Å²) < 4.78 is 125. The summed E-state index contributed by atoms with van der Waals surface area (Å²) in [5.74, 6) is -0.404. The molecule has 0 spiro atoms. The molecule has 14 bridgehead atoms. The van der Waals surface area contributed by atoms with Gasteiger partial charge in [-0.15, -0.1) is 0 Å². The molecule has 25 heterocycles. The maximum absolute atomic E-state index is 11.6. The van der Waals surface area contributed by atoms with Gasteiger partial charge in [0.05, 0.1) is 69.7 Å². The predicted molar refractivity (Wildman–Crippen MR) is 448 cm³/mol. The average molecular weight is 2000 g/mol. The molecule has 54 heteroatoms. The first-order valence-electron chi connectivity index (χ1n) is 44.6. The normalized spacial score (nSPS) is 48.0. The number of nitrogens with one attached hydrogen (secondary N) is 1. The zero-order valence-corrected chi connectivity index (χ0v) is 78.0. The van der Waals surface area contributed by atoms with Gasteiger partial charge in [0, 0.05) is 23.9 Å². The molecule has 25 saturated heterocycles. The number of carbonyl (C=O) groups excluding carboxylic acids is 2. The molecule has 25 aliphatic rings. The molecule has 25 rings (SSSR count). The number of rotatable bonds is 18. The number of aliphatic hydroxyl groups is 27. The second-order valence-electron chi connectivity index (χ2n) is 38.2. The summed E-state index contributed by atoms with van der Waals surface area (Å²) in [5, 5.41) is 296. The van der Waals surface area contributed by atoms with Crippen LogP contribution in [-0.4, -0.2) is 533 Å². The maximum atomic E-state index is 11.6. The second-order valence-corrected chi connectivity index (χ2v) is 38.2. The lowest BCUT2D eigenvalue weighted by atomic mass is 9.84. The first-order valence-corrected chi connectivity index (χ1v) is 44.6. The van der Waals surface area contributed by atoms with E-state index in [2.05, 4.69) is 18.5 Å². The number of amides is 1. The Balaban J connectivity index is 0.000000310. The minimum absolute atomic E-state index is 0. The van der Waals surface area contributed by atoms with Crippen molar-refractivity contribution in [3.05, 3.63) is 25.3 Å². The van der Waals surface area contributed by atoms with Crippen molar-refractivity contribution in [2.45, 2.75) is 415 Å². The Kier molecular flexibility index (Phi) is 43.6. The summed E-state index contributed by atoms with van der Waals surface area (Å²) in [6.45, 7) is 22.7. The molecule has 0 aromatic heterocycles. The Morgan fingerprint density at radius 1 is 0.321 bits per heavy atom. The van der Waals surface area contributed by atoms with Crippen LogP contribution in [0.3, 0.4) is 0 Å². The van der Waals surface area contributed by atoms with E-state index in [-0.39, 0.29) is 37.2 Å².